The van der Waals surface area contributed by atoms with Crippen molar-refractivity contribution in [3.05, 3.63) is 138 Å². The van der Waals surface area contributed by atoms with Gasteiger partial charge in [-0.3, -0.25) is 9.97 Å². The van der Waals surface area contributed by atoms with Gasteiger partial charge in [0.15, 0.2) is 0 Å². The molecule has 0 aliphatic heterocycles. The molecule has 0 aliphatic rings. The zero-order chi connectivity index (χ0) is 20.6. The number of pyridine rings is 2. The molecule has 0 N–H and O–H groups in total. The van der Waals surface area contributed by atoms with Crippen LogP contribution in [0.3, 0.4) is 0 Å². The summed E-state index contributed by atoms with van der Waals surface area (Å²) in [4.78, 5) is 7.80. The van der Waals surface area contributed by atoms with Crippen LogP contribution in [-0.4, -0.2) is 9.97 Å². The Morgan fingerprint density at radius 1 is 0.586 bits per heavy atom. The van der Waals surface area contributed by atoms with Crippen LogP contribution in [0, 0.1) is 0 Å². The van der Waals surface area contributed by atoms with Crippen LogP contribution in [0.4, 0.5) is 0 Å². The molecule has 0 unspecified atom stereocenters. The van der Waals surface area contributed by atoms with Gasteiger partial charge < -0.3 is 0 Å². The first-order valence-corrected chi connectivity index (χ1v) is 9.52. The second-order valence-corrected chi connectivity index (χ2v) is 6.25. The monoisotopic (exact) mass is 398 g/mol. The van der Waals surface area contributed by atoms with Crippen LogP contribution in [0.1, 0.15) is 16.7 Å². The van der Waals surface area contributed by atoms with Crippen LogP contribution in [0.25, 0.3) is 18.2 Å². The number of halogens is 1. The molecule has 0 saturated carbocycles. The topological polar surface area (TPSA) is 25.8 Å². The Morgan fingerprint density at radius 2 is 1.10 bits per heavy atom. The van der Waals surface area contributed by atoms with E-state index in [1.807, 2.05) is 72.9 Å². The predicted octanol–water partition coefficient (Wildman–Crippen LogP) is 7.32. The maximum atomic E-state index is 5.48. The average molecular weight is 399 g/mol. The predicted molar refractivity (Wildman–Crippen MR) is 125 cm³/mol. The Balaban J connectivity index is 0.000000170. The standard InChI is InChI=1S/C13H11N.C8H8.C5H4ClN/c1-2-5-12(6-3-1)8-9-13-7-4-10-14-11-13;1-2-8-6-4-3-5-7-8;6-5-2-1-3-7-4-5/h1-11H;2-7H,1H2;1-4H. The molecule has 0 saturated heterocycles. The molecular formula is C26H23ClN2. The molecule has 0 fully saturated rings. The second-order valence-electron chi connectivity index (χ2n) is 5.82. The first kappa shape index (κ1) is 21.8. The largest absolute Gasteiger partial charge is 0.264 e. The maximum absolute atomic E-state index is 5.48. The van der Waals surface area contributed by atoms with Gasteiger partial charge in [0.05, 0.1) is 5.02 Å². The highest BCUT2D eigenvalue weighted by molar-refractivity contribution is 6.30. The third kappa shape index (κ3) is 9.85. The first-order chi connectivity index (χ1) is 14.3. The van der Waals surface area contributed by atoms with Gasteiger partial charge in [0.2, 0.25) is 0 Å². The first-order valence-electron chi connectivity index (χ1n) is 9.14. The van der Waals surface area contributed by atoms with Gasteiger partial charge in [0.25, 0.3) is 0 Å². The highest BCUT2D eigenvalue weighted by Crippen LogP contribution is 2.06. The van der Waals surface area contributed by atoms with Crippen molar-refractivity contribution < 1.29 is 0 Å². The van der Waals surface area contributed by atoms with E-state index in [0.29, 0.717) is 5.02 Å². The molecule has 2 heterocycles. The van der Waals surface area contributed by atoms with Gasteiger partial charge in [-0.25, -0.2) is 0 Å². The average Bonchev–Trinajstić information content (AvgIpc) is 2.81. The molecule has 0 aliphatic carbocycles. The van der Waals surface area contributed by atoms with Gasteiger partial charge >= 0.3 is 0 Å². The zero-order valence-electron chi connectivity index (χ0n) is 16.1. The lowest BCUT2D eigenvalue weighted by atomic mass is 10.2. The Bertz CT molecular complexity index is 913. The van der Waals surface area contributed by atoms with Gasteiger partial charge in [-0.15, -0.1) is 0 Å². The van der Waals surface area contributed by atoms with Gasteiger partial charge in [0.1, 0.15) is 0 Å². The molecule has 2 aromatic carbocycles. The van der Waals surface area contributed by atoms with Crippen molar-refractivity contribution in [3.63, 3.8) is 0 Å². The molecule has 3 heteroatoms. The summed E-state index contributed by atoms with van der Waals surface area (Å²) in [5, 5.41) is 0.683. The van der Waals surface area contributed by atoms with E-state index < -0.39 is 0 Å². The van der Waals surface area contributed by atoms with Crippen LogP contribution >= 0.6 is 11.6 Å². The molecule has 0 spiro atoms. The van der Waals surface area contributed by atoms with E-state index in [1.165, 1.54) is 11.1 Å². The molecule has 0 atom stereocenters. The van der Waals surface area contributed by atoms with E-state index in [-0.39, 0.29) is 0 Å². The summed E-state index contributed by atoms with van der Waals surface area (Å²) in [6.07, 6.45) is 12.9. The minimum atomic E-state index is 0.683. The van der Waals surface area contributed by atoms with Gasteiger partial charge in [0, 0.05) is 24.8 Å². The fourth-order valence-corrected chi connectivity index (χ4v) is 2.29. The lowest BCUT2D eigenvalue weighted by Gasteiger charge is -1.92. The third-order valence-corrected chi connectivity index (χ3v) is 3.84. The van der Waals surface area contributed by atoms with Crippen LogP contribution < -0.4 is 0 Å². The van der Waals surface area contributed by atoms with Crippen molar-refractivity contribution in [3.8, 4) is 0 Å². The van der Waals surface area contributed by atoms with Crippen LogP contribution in [-0.2, 0) is 0 Å². The van der Waals surface area contributed by atoms with E-state index in [2.05, 4.69) is 40.8 Å². The van der Waals surface area contributed by atoms with Crippen LogP contribution in [0.5, 0.6) is 0 Å². The Morgan fingerprint density at radius 3 is 1.52 bits per heavy atom. The summed E-state index contributed by atoms with van der Waals surface area (Å²) >= 11 is 5.48. The van der Waals surface area contributed by atoms with Gasteiger partial charge in [-0.2, -0.15) is 0 Å². The molecule has 0 radical (unpaired) electrons. The molecule has 2 aromatic heterocycles. The Labute approximate surface area is 177 Å². The molecule has 29 heavy (non-hydrogen) atoms. The number of benzene rings is 2. The lowest BCUT2D eigenvalue weighted by Crippen LogP contribution is -1.73. The molecule has 4 aromatic rings. The molecule has 0 bridgehead atoms. The van der Waals surface area contributed by atoms with Crippen LogP contribution in [0.15, 0.2) is 116 Å². The summed E-state index contributed by atoms with van der Waals surface area (Å²) in [6.45, 7) is 3.63. The van der Waals surface area contributed by atoms with Crippen LogP contribution in [0.2, 0.25) is 5.02 Å². The summed E-state index contributed by atoms with van der Waals surface area (Å²) < 4.78 is 0. The van der Waals surface area contributed by atoms with E-state index in [9.17, 15) is 0 Å². The quantitative estimate of drug-likeness (QED) is 0.361. The van der Waals surface area contributed by atoms with Gasteiger partial charge in [-0.1, -0.05) is 103 Å². The van der Waals surface area contributed by atoms with E-state index in [0.717, 1.165) is 5.56 Å². The molecule has 0 amide bonds. The molecular weight excluding hydrogens is 376 g/mol. The van der Waals surface area contributed by atoms with Crippen molar-refractivity contribution in [1.29, 1.82) is 0 Å². The van der Waals surface area contributed by atoms with Crippen molar-refractivity contribution in [1.82, 2.24) is 9.97 Å². The highest BCUT2D eigenvalue weighted by Gasteiger charge is 1.85. The third-order valence-electron chi connectivity index (χ3n) is 3.61. The maximum Gasteiger partial charge on any atom is 0.0589 e. The summed E-state index contributed by atoms with van der Waals surface area (Å²) in [7, 11) is 0. The normalized spacial score (nSPS) is 9.55. The lowest BCUT2D eigenvalue weighted by molar-refractivity contribution is 1.32. The molecule has 4 rings (SSSR count). The summed E-state index contributed by atoms with van der Waals surface area (Å²) in [5.74, 6) is 0. The number of rotatable bonds is 3. The van der Waals surface area contributed by atoms with Crippen molar-refractivity contribution in [2.24, 2.45) is 0 Å². The highest BCUT2D eigenvalue weighted by atomic mass is 35.5. The Hall–Kier alpha value is -3.49. The number of nitrogens with zero attached hydrogens (tertiary/aromatic N) is 2. The fourth-order valence-electron chi connectivity index (χ4n) is 2.16. The summed E-state index contributed by atoms with van der Waals surface area (Å²) in [6, 6.07) is 27.8. The zero-order valence-corrected chi connectivity index (χ0v) is 16.9. The van der Waals surface area contributed by atoms with Gasteiger partial charge in [-0.05, 0) is 34.9 Å². The van der Waals surface area contributed by atoms with E-state index >= 15 is 0 Å². The van der Waals surface area contributed by atoms with E-state index in [1.54, 1.807) is 30.7 Å². The number of hydrogen-bond donors (Lipinski definition) is 0. The second kappa shape index (κ2) is 13.6. The number of aromatic nitrogens is 2. The molecule has 2 nitrogen and oxygen atoms in total. The van der Waals surface area contributed by atoms with E-state index in [4.69, 9.17) is 11.6 Å². The smallest absolute Gasteiger partial charge is 0.0589 e. The van der Waals surface area contributed by atoms with Crippen molar-refractivity contribution in [2.75, 3.05) is 0 Å². The minimum absolute atomic E-state index is 0.683. The Kier molecular flexibility index (Phi) is 10.3. The number of hydrogen-bond acceptors (Lipinski definition) is 2. The van der Waals surface area contributed by atoms with Crippen molar-refractivity contribution >= 4 is 29.8 Å². The van der Waals surface area contributed by atoms with Crippen molar-refractivity contribution in [2.45, 2.75) is 0 Å². The summed E-state index contributed by atoms with van der Waals surface area (Å²) in [5.41, 5.74) is 3.50. The molecule has 144 valence electrons. The minimum Gasteiger partial charge on any atom is -0.264 e. The fraction of sp³-hybridized carbons (Fsp3) is 0. The SMILES string of the molecule is C(=Cc1cccnc1)c1ccccc1.C=Cc1ccccc1.Clc1cccnc1.